The number of aromatic amines is 1. The summed E-state index contributed by atoms with van der Waals surface area (Å²) in [5.41, 5.74) is 1.48. The van der Waals surface area contributed by atoms with Gasteiger partial charge in [-0.2, -0.15) is 13.2 Å². The van der Waals surface area contributed by atoms with E-state index in [2.05, 4.69) is 23.7 Å². The van der Waals surface area contributed by atoms with Gasteiger partial charge < -0.3 is 19.9 Å². The van der Waals surface area contributed by atoms with Crippen molar-refractivity contribution in [2.45, 2.75) is 32.9 Å². The molecule has 0 bridgehead atoms. The Bertz CT molecular complexity index is 1440. The highest BCUT2D eigenvalue weighted by Crippen LogP contribution is 2.27. The van der Waals surface area contributed by atoms with E-state index in [-0.39, 0.29) is 27.2 Å². The SMILES string of the molecule is CC(C)CN1CCCN(C(=O)c2cc(Cc3c[nH]c(=O)c4cc(Cl)c(Cl)n34)ccc2F)CC1.O=C(O)C(F)(F)F. The van der Waals surface area contributed by atoms with E-state index >= 15 is 0 Å². The van der Waals surface area contributed by atoms with E-state index in [1.165, 1.54) is 12.1 Å². The number of halogens is 6. The normalized spacial score (nSPS) is 14.7. The molecule has 1 aliphatic rings. The molecule has 40 heavy (non-hydrogen) atoms. The molecule has 2 aromatic heterocycles. The smallest absolute Gasteiger partial charge is 0.475 e. The number of H-pyrrole nitrogens is 1. The zero-order valence-corrected chi connectivity index (χ0v) is 23.2. The molecule has 3 heterocycles. The summed E-state index contributed by atoms with van der Waals surface area (Å²) >= 11 is 12.4. The third-order valence-corrected chi connectivity index (χ3v) is 6.93. The van der Waals surface area contributed by atoms with Gasteiger partial charge in [-0.15, -0.1) is 0 Å². The van der Waals surface area contributed by atoms with Crippen molar-refractivity contribution in [2.75, 3.05) is 32.7 Å². The van der Waals surface area contributed by atoms with Gasteiger partial charge in [-0.3, -0.25) is 14.0 Å². The van der Waals surface area contributed by atoms with Gasteiger partial charge >= 0.3 is 12.1 Å². The lowest BCUT2D eigenvalue weighted by Gasteiger charge is -2.23. The van der Waals surface area contributed by atoms with Crippen molar-refractivity contribution >= 4 is 40.6 Å². The highest BCUT2D eigenvalue weighted by Gasteiger charge is 2.38. The van der Waals surface area contributed by atoms with Crippen LogP contribution in [0.2, 0.25) is 10.2 Å². The summed E-state index contributed by atoms with van der Waals surface area (Å²) in [5.74, 6) is -3.04. The van der Waals surface area contributed by atoms with Crippen LogP contribution in [0.5, 0.6) is 0 Å². The number of alkyl halides is 3. The Morgan fingerprint density at radius 3 is 2.40 bits per heavy atom. The maximum Gasteiger partial charge on any atom is 0.490 e. The molecule has 218 valence electrons. The van der Waals surface area contributed by atoms with Gasteiger partial charge in [-0.25, -0.2) is 9.18 Å². The molecular weight excluding hydrogens is 579 g/mol. The number of aliphatic carboxylic acids is 1. The first-order valence-electron chi connectivity index (χ1n) is 12.4. The fraction of sp³-hybridized carbons (Fsp3) is 0.423. The molecule has 1 aliphatic heterocycles. The summed E-state index contributed by atoms with van der Waals surface area (Å²) in [6, 6.07) is 6.05. The maximum absolute atomic E-state index is 14.7. The largest absolute Gasteiger partial charge is 0.490 e. The highest BCUT2D eigenvalue weighted by atomic mass is 35.5. The average Bonchev–Trinajstić information content (AvgIpc) is 3.02. The Morgan fingerprint density at radius 1 is 1.10 bits per heavy atom. The topological polar surface area (TPSA) is 98.1 Å². The Kier molecular flexibility index (Phi) is 10.3. The van der Waals surface area contributed by atoms with Gasteiger partial charge in [0.05, 0.1) is 10.6 Å². The second-order valence-electron chi connectivity index (χ2n) is 9.75. The number of carboxylic acids is 1. The minimum Gasteiger partial charge on any atom is -0.475 e. The number of carbonyl (C=O) groups is 2. The van der Waals surface area contributed by atoms with E-state index < -0.39 is 18.0 Å². The summed E-state index contributed by atoms with van der Waals surface area (Å²) < 4.78 is 48.0. The number of carboxylic acid groups (broad SMARTS) is 1. The van der Waals surface area contributed by atoms with Crippen molar-refractivity contribution in [3.63, 3.8) is 0 Å². The first kappa shape index (κ1) is 31.4. The molecule has 0 spiro atoms. The number of hydrogen-bond acceptors (Lipinski definition) is 4. The number of hydrogen-bond donors (Lipinski definition) is 2. The lowest BCUT2D eigenvalue weighted by molar-refractivity contribution is -0.192. The quantitative estimate of drug-likeness (QED) is 0.394. The fourth-order valence-corrected chi connectivity index (χ4v) is 4.86. The number of nitrogens with one attached hydrogen (secondary N) is 1. The fourth-order valence-electron chi connectivity index (χ4n) is 4.42. The molecule has 0 radical (unpaired) electrons. The Labute approximate surface area is 237 Å². The first-order valence-corrected chi connectivity index (χ1v) is 13.1. The minimum absolute atomic E-state index is 0.0575. The lowest BCUT2D eigenvalue weighted by Crippen LogP contribution is -2.36. The van der Waals surface area contributed by atoms with Crippen LogP contribution in [0.4, 0.5) is 17.6 Å². The number of rotatable bonds is 5. The van der Waals surface area contributed by atoms with E-state index in [1.807, 2.05) is 0 Å². The van der Waals surface area contributed by atoms with Gasteiger partial charge in [0.1, 0.15) is 16.5 Å². The second-order valence-corrected chi connectivity index (χ2v) is 10.5. The van der Waals surface area contributed by atoms with Gasteiger partial charge in [0.2, 0.25) is 0 Å². The van der Waals surface area contributed by atoms with Gasteiger partial charge in [-0.05, 0) is 42.6 Å². The Hall–Kier alpha value is -3.09. The Morgan fingerprint density at radius 2 is 1.77 bits per heavy atom. The number of carbonyl (C=O) groups excluding carboxylic acids is 1. The third kappa shape index (κ3) is 7.76. The van der Waals surface area contributed by atoms with Crippen LogP contribution in [0.1, 0.15) is 41.9 Å². The predicted octanol–water partition coefficient (Wildman–Crippen LogP) is 5.10. The van der Waals surface area contributed by atoms with Gasteiger partial charge in [-0.1, -0.05) is 43.1 Å². The molecule has 0 aliphatic carbocycles. The number of fused-ring (bicyclic) bond motifs is 1. The Balaban J connectivity index is 0.000000559. The molecule has 4 rings (SSSR count). The average molecular weight is 607 g/mol. The molecule has 1 aromatic carbocycles. The zero-order chi connectivity index (χ0) is 29.8. The van der Waals surface area contributed by atoms with Crippen LogP contribution in [0, 0.1) is 11.7 Å². The molecule has 3 aromatic rings. The summed E-state index contributed by atoms with van der Waals surface area (Å²) in [5, 5.41) is 7.64. The van der Waals surface area contributed by atoms with E-state index in [4.69, 9.17) is 33.1 Å². The van der Waals surface area contributed by atoms with Crippen molar-refractivity contribution in [1.82, 2.24) is 19.2 Å². The van der Waals surface area contributed by atoms with E-state index in [0.29, 0.717) is 36.6 Å². The molecular formula is C26H28Cl2F4N4O4. The van der Waals surface area contributed by atoms with Crippen molar-refractivity contribution in [1.29, 1.82) is 0 Å². The standard InChI is InChI=1S/C24H27Cl2FN4O2.C2HF3O2/c1-15(2)14-29-6-3-7-30(9-8-29)24(33)18-11-16(4-5-20(18)27)10-17-13-28-23(32)21-12-19(25)22(26)31(17)21;3-2(4,5)1(6)7/h4-5,11-13,15H,3,6-10,14H2,1-2H3,(H,28,32);(H,6,7). The molecule has 8 nitrogen and oxygen atoms in total. The summed E-state index contributed by atoms with van der Waals surface area (Å²) in [7, 11) is 0. The van der Waals surface area contributed by atoms with Crippen LogP contribution < -0.4 is 5.56 Å². The summed E-state index contributed by atoms with van der Waals surface area (Å²) in [4.78, 5) is 41.0. The zero-order valence-electron chi connectivity index (χ0n) is 21.7. The molecule has 2 N–H and O–H groups in total. The predicted molar refractivity (Wildman–Crippen MR) is 143 cm³/mol. The first-order chi connectivity index (χ1) is 18.7. The van der Waals surface area contributed by atoms with Crippen LogP contribution in [0.25, 0.3) is 5.52 Å². The highest BCUT2D eigenvalue weighted by molar-refractivity contribution is 6.42. The van der Waals surface area contributed by atoms with Crippen molar-refractivity contribution in [3.8, 4) is 0 Å². The van der Waals surface area contributed by atoms with Gasteiger partial charge in [0, 0.05) is 44.5 Å². The van der Waals surface area contributed by atoms with Crippen LogP contribution in [0.3, 0.4) is 0 Å². The van der Waals surface area contributed by atoms with E-state index in [0.717, 1.165) is 31.6 Å². The van der Waals surface area contributed by atoms with Crippen molar-refractivity contribution in [3.05, 3.63) is 73.6 Å². The van der Waals surface area contributed by atoms with E-state index in [1.54, 1.807) is 27.6 Å². The molecule has 0 unspecified atom stereocenters. The minimum atomic E-state index is -5.08. The molecule has 0 atom stereocenters. The molecule has 1 amide bonds. The second kappa shape index (κ2) is 13.0. The van der Waals surface area contributed by atoms with E-state index in [9.17, 15) is 27.2 Å². The van der Waals surface area contributed by atoms with Crippen molar-refractivity contribution in [2.24, 2.45) is 5.92 Å². The molecule has 14 heteroatoms. The van der Waals surface area contributed by atoms with Gasteiger partial charge in [0.15, 0.2) is 0 Å². The summed E-state index contributed by atoms with van der Waals surface area (Å²) in [6.45, 7) is 8.26. The molecule has 1 saturated heterocycles. The number of benzene rings is 1. The number of aromatic nitrogens is 2. The van der Waals surface area contributed by atoms with Crippen LogP contribution in [0.15, 0.2) is 35.3 Å². The molecule has 1 fully saturated rings. The lowest BCUT2D eigenvalue weighted by atomic mass is 10.0. The van der Waals surface area contributed by atoms with Crippen LogP contribution in [-0.2, 0) is 11.2 Å². The number of amides is 1. The van der Waals surface area contributed by atoms with Crippen LogP contribution >= 0.6 is 23.2 Å². The monoisotopic (exact) mass is 606 g/mol. The number of nitrogens with zero attached hydrogens (tertiary/aromatic N) is 3. The third-order valence-electron chi connectivity index (χ3n) is 6.18. The van der Waals surface area contributed by atoms with Crippen LogP contribution in [-0.4, -0.2) is 75.1 Å². The molecule has 0 saturated carbocycles. The maximum atomic E-state index is 14.7. The van der Waals surface area contributed by atoms with Gasteiger partial charge in [0.25, 0.3) is 11.5 Å². The summed E-state index contributed by atoms with van der Waals surface area (Å²) in [6.07, 6.45) is -2.33. The van der Waals surface area contributed by atoms with Crippen molar-refractivity contribution < 1.29 is 32.3 Å².